The van der Waals surface area contributed by atoms with Crippen molar-refractivity contribution in [2.24, 2.45) is 0 Å². The molecule has 0 N–H and O–H groups in total. The molecule has 0 spiro atoms. The Balaban J connectivity index is 2.11. The molecule has 0 aliphatic carbocycles. The first kappa shape index (κ1) is 31.6. The van der Waals surface area contributed by atoms with Gasteiger partial charge in [-0.25, -0.2) is 0 Å². The number of carbonyl (C=O) groups excluding carboxylic acids is 3. The molecule has 2 rings (SSSR count). The summed E-state index contributed by atoms with van der Waals surface area (Å²) >= 11 is 3.48. The van der Waals surface area contributed by atoms with Crippen LogP contribution in [0.25, 0.3) is 0 Å². The minimum atomic E-state index is -0.405. The lowest BCUT2D eigenvalue weighted by atomic mass is 10.2. The topological polar surface area (TPSA) is 81.1 Å². The fraction of sp³-hybridized carbons (Fsp3) is 0.552. The van der Waals surface area contributed by atoms with Crippen LogP contribution >= 0.6 is 15.9 Å². The summed E-state index contributed by atoms with van der Waals surface area (Å²) in [5.41, 5.74) is 2.21. The summed E-state index contributed by atoms with van der Waals surface area (Å²) < 4.78 is 13.6. The van der Waals surface area contributed by atoms with E-state index in [1.807, 2.05) is 42.3 Å². The molecular weight excluding hydrogens is 550 g/mol. The number of esters is 1. The van der Waals surface area contributed by atoms with E-state index in [4.69, 9.17) is 9.47 Å². The van der Waals surface area contributed by atoms with E-state index in [1.165, 1.54) is 5.56 Å². The molecule has 0 radical (unpaired) electrons. The van der Waals surface area contributed by atoms with Crippen molar-refractivity contribution in [3.05, 3.63) is 58.3 Å². The minimum Gasteiger partial charge on any atom is -0.466 e. The summed E-state index contributed by atoms with van der Waals surface area (Å²) in [6, 6.07) is 12.2. The van der Waals surface area contributed by atoms with E-state index in [0.29, 0.717) is 45.8 Å². The van der Waals surface area contributed by atoms with Crippen LogP contribution in [-0.4, -0.2) is 71.6 Å². The molecule has 0 unspecified atom stereocenters. The lowest BCUT2D eigenvalue weighted by molar-refractivity contribution is -0.146. The minimum absolute atomic E-state index is 0.00590. The molecule has 1 heterocycles. The Labute approximate surface area is 235 Å². The van der Waals surface area contributed by atoms with Crippen molar-refractivity contribution in [3.63, 3.8) is 0 Å². The molecule has 0 saturated carbocycles. The van der Waals surface area contributed by atoms with Gasteiger partial charge in [0.05, 0.1) is 26.1 Å². The molecule has 0 aliphatic rings. The smallest absolute Gasteiger partial charge is 0.306 e. The van der Waals surface area contributed by atoms with Gasteiger partial charge in [-0.1, -0.05) is 41.4 Å². The first-order chi connectivity index (χ1) is 18.4. The van der Waals surface area contributed by atoms with E-state index in [0.717, 1.165) is 23.0 Å². The number of benzene rings is 1. The molecule has 1 aromatic heterocycles. The second-order valence-corrected chi connectivity index (χ2v) is 10.0. The zero-order valence-corrected chi connectivity index (χ0v) is 24.6. The van der Waals surface area contributed by atoms with Gasteiger partial charge in [-0.05, 0) is 56.5 Å². The van der Waals surface area contributed by atoms with E-state index in [2.05, 4.69) is 39.6 Å². The third-order valence-corrected chi connectivity index (χ3v) is 6.65. The lowest BCUT2D eigenvalue weighted by Crippen LogP contribution is -2.44. The van der Waals surface area contributed by atoms with Crippen LogP contribution in [0.2, 0.25) is 0 Å². The van der Waals surface area contributed by atoms with Gasteiger partial charge in [0.1, 0.15) is 0 Å². The summed E-state index contributed by atoms with van der Waals surface area (Å²) in [7, 11) is 0. The van der Waals surface area contributed by atoms with Crippen molar-refractivity contribution in [2.45, 2.75) is 66.0 Å². The molecule has 0 fully saturated rings. The monoisotopic (exact) mass is 591 g/mol. The van der Waals surface area contributed by atoms with Crippen LogP contribution in [0.15, 0.2) is 47.1 Å². The fourth-order valence-electron chi connectivity index (χ4n) is 4.03. The van der Waals surface area contributed by atoms with Crippen molar-refractivity contribution in [1.29, 1.82) is 0 Å². The van der Waals surface area contributed by atoms with Crippen molar-refractivity contribution < 1.29 is 23.9 Å². The molecule has 9 heteroatoms. The second kappa shape index (κ2) is 17.8. The van der Waals surface area contributed by atoms with Gasteiger partial charge in [0.2, 0.25) is 11.8 Å². The second-order valence-electron chi connectivity index (χ2n) is 9.09. The van der Waals surface area contributed by atoms with Crippen LogP contribution in [0.3, 0.4) is 0 Å². The largest absolute Gasteiger partial charge is 0.466 e. The van der Waals surface area contributed by atoms with Gasteiger partial charge in [0.25, 0.3) is 0 Å². The van der Waals surface area contributed by atoms with Crippen molar-refractivity contribution in [3.8, 4) is 0 Å². The molecule has 38 heavy (non-hydrogen) atoms. The van der Waals surface area contributed by atoms with E-state index < -0.39 is 5.97 Å². The first-order valence-corrected chi connectivity index (χ1v) is 14.3. The number of halogens is 1. The molecule has 2 aromatic rings. The van der Waals surface area contributed by atoms with Crippen LogP contribution in [0, 0.1) is 0 Å². The van der Waals surface area contributed by atoms with Crippen molar-refractivity contribution in [1.82, 2.24) is 14.4 Å². The molecule has 0 atom stereocenters. The highest BCUT2D eigenvalue weighted by atomic mass is 79.9. The summed E-state index contributed by atoms with van der Waals surface area (Å²) in [6.45, 7) is 9.30. The Morgan fingerprint density at radius 2 is 1.63 bits per heavy atom. The number of rotatable bonds is 18. The number of aromatic nitrogens is 1. The summed E-state index contributed by atoms with van der Waals surface area (Å²) in [4.78, 5) is 41.7. The predicted octanol–water partition coefficient (Wildman–Crippen LogP) is 5.03. The van der Waals surface area contributed by atoms with Gasteiger partial charge >= 0.3 is 5.97 Å². The summed E-state index contributed by atoms with van der Waals surface area (Å²) in [5, 5.41) is 0. The maximum absolute atomic E-state index is 13.5. The average molecular weight is 593 g/mol. The number of hydrogen-bond donors (Lipinski definition) is 0. The molecule has 2 amide bonds. The number of nitrogens with zero attached hydrogens (tertiary/aromatic N) is 3. The Bertz CT molecular complexity index is 992. The van der Waals surface area contributed by atoms with Crippen LogP contribution < -0.4 is 0 Å². The predicted molar refractivity (Wildman–Crippen MR) is 152 cm³/mol. The van der Waals surface area contributed by atoms with E-state index in [-0.39, 0.29) is 37.8 Å². The van der Waals surface area contributed by atoms with Crippen LogP contribution in [0.5, 0.6) is 0 Å². The van der Waals surface area contributed by atoms with Gasteiger partial charge in [-0.15, -0.1) is 0 Å². The van der Waals surface area contributed by atoms with Crippen molar-refractivity contribution >= 4 is 33.7 Å². The van der Waals surface area contributed by atoms with Gasteiger partial charge < -0.3 is 23.8 Å². The highest BCUT2D eigenvalue weighted by Crippen LogP contribution is 2.15. The van der Waals surface area contributed by atoms with Crippen LogP contribution in [-0.2, 0) is 36.9 Å². The summed E-state index contributed by atoms with van der Waals surface area (Å²) in [5.74, 6) is -0.731. The number of ether oxygens (including phenoxy) is 2. The zero-order chi connectivity index (χ0) is 27.8. The maximum Gasteiger partial charge on any atom is 0.306 e. The first-order valence-electron chi connectivity index (χ1n) is 13.5. The SMILES string of the molecule is CCCCN(Cc1cccn1Cc1ccc(Br)cc1)C(=O)CN(CCCOCC)C(=O)CCC(=O)OCC. The van der Waals surface area contributed by atoms with Crippen LogP contribution in [0.4, 0.5) is 0 Å². The van der Waals surface area contributed by atoms with E-state index >= 15 is 0 Å². The number of unbranched alkanes of at least 4 members (excludes halogenated alkanes) is 1. The molecule has 0 aliphatic heterocycles. The highest BCUT2D eigenvalue weighted by molar-refractivity contribution is 9.10. The number of hydrogen-bond acceptors (Lipinski definition) is 5. The average Bonchev–Trinajstić information content (AvgIpc) is 3.34. The quantitative estimate of drug-likeness (QED) is 0.179. The third-order valence-electron chi connectivity index (χ3n) is 6.12. The van der Waals surface area contributed by atoms with Crippen LogP contribution in [0.1, 0.15) is 64.1 Å². The molecule has 8 nitrogen and oxygen atoms in total. The Morgan fingerprint density at radius 3 is 2.32 bits per heavy atom. The Hall–Kier alpha value is -2.65. The van der Waals surface area contributed by atoms with Gasteiger partial charge in [-0.2, -0.15) is 0 Å². The van der Waals surface area contributed by atoms with E-state index in [9.17, 15) is 14.4 Å². The molecule has 1 aromatic carbocycles. The number of amides is 2. The Morgan fingerprint density at radius 1 is 0.895 bits per heavy atom. The Kier molecular flexibility index (Phi) is 14.8. The number of carbonyl (C=O) groups is 3. The fourth-order valence-corrected chi connectivity index (χ4v) is 4.29. The van der Waals surface area contributed by atoms with Gasteiger partial charge in [-0.3, -0.25) is 14.4 Å². The normalized spacial score (nSPS) is 10.8. The van der Waals surface area contributed by atoms with Crippen molar-refractivity contribution in [2.75, 3.05) is 39.5 Å². The molecule has 0 saturated heterocycles. The highest BCUT2D eigenvalue weighted by Gasteiger charge is 2.22. The van der Waals surface area contributed by atoms with E-state index in [1.54, 1.807) is 11.8 Å². The molecule has 210 valence electrons. The standard InChI is InChI=1S/C29H42BrN3O5/c1-4-7-17-32(22-26-10-8-18-31(26)21-24-11-13-25(30)14-12-24)28(35)23-33(19-9-20-37-5-2)27(34)15-16-29(36)38-6-3/h8,10-14,18H,4-7,9,15-17,19-23H2,1-3H3. The third kappa shape index (κ3) is 11.4. The zero-order valence-electron chi connectivity index (χ0n) is 23.0. The van der Waals surface area contributed by atoms with Gasteiger partial charge in [0, 0.05) is 55.6 Å². The molecule has 0 bridgehead atoms. The van der Waals surface area contributed by atoms with Gasteiger partial charge in [0.15, 0.2) is 0 Å². The lowest BCUT2D eigenvalue weighted by Gasteiger charge is -2.28. The maximum atomic E-state index is 13.5. The molecular formula is C29H42BrN3O5. The summed E-state index contributed by atoms with van der Waals surface area (Å²) in [6.07, 6.45) is 4.51.